The number of rotatable bonds is 9. The Morgan fingerprint density at radius 3 is 2.62 bits per heavy atom. The normalized spacial score (nSPS) is 15.6. The maximum atomic E-state index is 12.3. The van der Waals surface area contributed by atoms with Gasteiger partial charge in [0.15, 0.2) is 18.0 Å². The Morgan fingerprint density at radius 1 is 1.25 bits per heavy atom. The first-order valence-electron chi connectivity index (χ1n) is 9.74. The Kier molecular flexibility index (Phi) is 6.95. The fourth-order valence-electron chi connectivity index (χ4n) is 2.93. The summed E-state index contributed by atoms with van der Waals surface area (Å²) in [5, 5.41) is 27.5. The highest BCUT2D eigenvalue weighted by Gasteiger charge is 2.22. The number of amides is 1. The maximum absolute atomic E-state index is 12.3. The van der Waals surface area contributed by atoms with Gasteiger partial charge in [0.05, 0.1) is 18.4 Å². The molecule has 1 aliphatic heterocycles. The molecule has 1 amide bonds. The molecule has 0 aliphatic carbocycles. The Balaban J connectivity index is 1.58. The number of carboxylic acids is 1. The van der Waals surface area contributed by atoms with Crippen molar-refractivity contribution in [3.63, 3.8) is 0 Å². The number of hydrogen-bond donors (Lipinski definition) is 6. The summed E-state index contributed by atoms with van der Waals surface area (Å²) in [5.41, 5.74) is 7.33. The van der Waals surface area contributed by atoms with Gasteiger partial charge in [0.2, 0.25) is 0 Å². The van der Waals surface area contributed by atoms with Gasteiger partial charge in [-0.2, -0.15) is 0 Å². The third-order valence-electron chi connectivity index (χ3n) is 4.61. The molecule has 0 spiro atoms. The minimum Gasteiger partial charge on any atom is -0.480 e. The molecule has 1 aromatic heterocycles. The number of carbonyl (C=O) groups excluding carboxylic acids is 2. The van der Waals surface area contributed by atoms with Crippen molar-refractivity contribution in [2.24, 2.45) is 10.7 Å². The van der Waals surface area contributed by atoms with E-state index in [4.69, 9.17) is 5.73 Å². The average molecular weight is 441 g/mol. The number of hydrogen-bond acceptors (Lipinski definition) is 10. The summed E-state index contributed by atoms with van der Waals surface area (Å²) in [7, 11) is 0. The molecule has 12 nitrogen and oxygen atoms in total. The number of aliphatic carboxylic acids is 1. The highest BCUT2D eigenvalue weighted by molar-refractivity contribution is 5.97. The topological polar surface area (TPSA) is 192 Å². The van der Waals surface area contributed by atoms with E-state index in [0.717, 1.165) is 0 Å². The highest BCUT2D eigenvalue weighted by Crippen LogP contribution is 2.23. The van der Waals surface area contributed by atoms with Crippen molar-refractivity contribution in [1.82, 2.24) is 15.3 Å². The molecule has 7 N–H and O–H groups in total. The number of ketones is 1. The molecular weight excluding hydrogens is 418 g/mol. The predicted octanol–water partition coefficient (Wildman–Crippen LogP) is 0.372. The molecule has 0 bridgehead atoms. The first kappa shape index (κ1) is 22.6. The zero-order valence-electron chi connectivity index (χ0n) is 17.2. The van der Waals surface area contributed by atoms with Crippen LogP contribution >= 0.6 is 0 Å². The van der Waals surface area contributed by atoms with Gasteiger partial charge in [0.25, 0.3) is 5.91 Å². The number of guanidine groups is 1. The molecule has 12 heteroatoms. The first-order valence-corrected chi connectivity index (χ1v) is 9.74. The molecule has 32 heavy (non-hydrogen) atoms. The molecule has 168 valence electrons. The van der Waals surface area contributed by atoms with Crippen molar-refractivity contribution < 1.29 is 24.6 Å². The molecule has 1 aromatic carbocycles. The van der Waals surface area contributed by atoms with Crippen LogP contribution in [0.15, 0.2) is 35.5 Å². The van der Waals surface area contributed by atoms with Gasteiger partial charge in [-0.3, -0.25) is 4.79 Å². The summed E-state index contributed by atoms with van der Waals surface area (Å²) in [6.45, 7) is 1.66. The molecule has 2 heterocycles. The van der Waals surface area contributed by atoms with E-state index >= 15 is 0 Å². The van der Waals surface area contributed by atoms with Crippen LogP contribution in [0.25, 0.3) is 0 Å². The lowest BCUT2D eigenvalue weighted by atomic mass is 10.1. The summed E-state index contributed by atoms with van der Waals surface area (Å²) in [5.74, 6) is -1.49. The lowest BCUT2D eigenvalue weighted by Gasteiger charge is -2.18. The Bertz CT molecular complexity index is 1050. The van der Waals surface area contributed by atoms with Gasteiger partial charge in [0, 0.05) is 17.7 Å². The van der Waals surface area contributed by atoms with Crippen LogP contribution in [-0.4, -0.2) is 49.8 Å². The molecule has 1 unspecified atom stereocenters. The number of nitrogens with two attached hydrogens (primary N) is 1. The lowest BCUT2D eigenvalue weighted by Crippen LogP contribution is -2.41. The number of carboxylic acid groups (broad SMARTS) is 1. The first-order chi connectivity index (χ1) is 15.2. The van der Waals surface area contributed by atoms with Gasteiger partial charge in [-0.1, -0.05) is 0 Å². The fraction of sp³-hybridized carbons (Fsp3) is 0.300. The van der Waals surface area contributed by atoms with E-state index in [9.17, 15) is 24.6 Å². The van der Waals surface area contributed by atoms with E-state index in [1.807, 2.05) is 0 Å². The molecule has 0 saturated carbocycles. The van der Waals surface area contributed by atoms with Gasteiger partial charge >= 0.3 is 5.97 Å². The molecule has 0 radical (unpaired) electrons. The Morgan fingerprint density at radius 2 is 1.97 bits per heavy atom. The minimum atomic E-state index is -1.20. The standard InChI is InChI=1S/C20H23N7O5/c1-10(28)2-7-14(19(31)32)25-17(29)11-3-5-12(6-4-11)22-8-13-9-23-16-15(24-13)18(30)27-20(21)26-16/h3-6,9,14,18,22,30H,2,7-8H2,1H3,(H,25,29)(H,31,32)(H3,21,23,26,27)/t14-,18?/m0/s1. The highest BCUT2D eigenvalue weighted by atomic mass is 16.4. The Hall–Kier alpha value is -4.06. The third-order valence-corrected chi connectivity index (χ3v) is 4.61. The third kappa shape index (κ3) is 5.76. The molecule has 2 aromatic rings. The quantitative estimate of drug-likeness (QED) is 0.317. The van der Waals surface area contributed by atoms with E-state index in [2.05, 4.69) is 30.9 Å². The van der Waals surface area contributed by atoms with Crippen LogP contribution in [0.5, 0.6) is 0 Å². The molecule has 0 fully saturated rings. The van der Waals surface area contributed by atoms with Crippen molar-refractivity contribution in [2.45, 2.75) is 38.6 Å². The monoisotopic (exact) mass is 441 g/mol. The zero-order chi connectivity index (χ0) is 23.3. The summed E-state index contributed by atoms with van der Waals surface area (Å²) >= 11 is 0. The van der Waals surface area contributed by atoms with Crippen LogP contribution in [0.2, 0.25) is 0 Å². The van der Waals surface area contributed by atoms with Gasteiger partial charge in [0.1, 0.15) is 17.5 Å². The van der Waals surface area contributed by atoms with Gasteiger partial charge < -0.3 is 36.7 Å². The minimum absolute atomic E-state index is 0.0278. The summed E-state index contributed by atoms with van der Waals surface area (Å²) in [6.07, 6.45) is 0.430. The number of carbonyl (C=O) groups is 3. The number of aliphatic hydroxyl groups excluding tert-OH is 1. The number of Topliss-reactive ketones (excluding diaryl/α,β-unsaturated/α-hetero) is 1. The van der Waals surface area contributed by atoms with Gasteiger partial charge in [-0.05, 0) is 37.6 Å². The van der Waals surface area contributed by atoms with E-state index in [1.165, 1.54) is 13.1 Å². The number of nitrogens with one attached hydrogen (secondary N) is 3. The molecule has 0 saturated heterocycles. The van der Waals surface area contributed by atoms with Crippen LogP contribution in [0.3, 0.4) is 0 Å². The van der Waals surface area contributed by atoms with Crippen LogP contribution in [0.4, 0.5) is 11.5 Å². The Labute approximate surface area is 183 Å². The molecule has 2 atom stereocenters. The predicted molar refractivity (Wildman–Crippen MR) is 115 cm³/mol. The number of nitrogens with zero attached hydrogens (tertiary/aromatic N) is 3. The SMILES string of the molecule is CC(=O)CC[C@H](NC(=O)c1ccc(NCc2cnc3c(n2)C(O)N=C(N)N3)cc1)C(=O)O. The fourth-order valence-corrected chi connectivity index (χ4v) is 2.93. The van der Waals surface area contributed by atoms with E-state index < -0.39 is 24.1 Å². The average Bonchev–Trinajstić information content (AvgIpc) is 2.75. The second-order valence-corrected chi connectivity index (χ2v) is 7.14. The van der Waals surface area contributed by atoms with E-state index in [1.54, 1.807) is 24.3 Å². The molecule has 3 rings (SSSR count). The van der Waals surface area contributed by atoms with Crippen molar-refractivity contribution in [1.29, 1.82) is 0 Å². The lowest BCUT2D eigenvalue weighted by molar-refractivity contribution is -0.139. The zero-order valence-corrected chi connectivity index (χ0v) is 17.2. The van der Waals surface area contributed by atoms with Crippen molar-refractivity contribution >= 4 is 35.1 Å². The van der Waals surface area contributed by atoms with Gasteiger partial charge in [-0.25, -0.2) is 19.8 Å². The largest absolute Gasteiger partial charge is 0.480 e. The summed E-state index contributed by atoms with van der Waals surface area (Å²) in [6, 6.07) is 5.27. The van der Waals surface area contributed by atoms with E-state index in [0.29, 0.717) is 23.7 Å². The number of aromatic nitrogens is 2. The number of fused-ring (bicyclic) bond motifs is 1. The summed E-state index contributed by atoms with van der Waals surface area (Å²) in [4.78, 5) is 47.0. The number of aliphatic hydroxyl groups is 1. The smallest absolute Gasteiger partial charge is 0.326 e. The maximum Gasteiger partial charge on any atom is 0.326 e. The van der Waals surface area contributed by atoms with Crippen molar-refractivity contribution in [3.8, 4) is 0 Å². The second-order valence-electron chi connectivity index (χ2n) is 7.14. The van der Waals surface area contributed by atoms with Crippen molar-refractivity contribution in [3.05, 3.63) is 47.4 Å². The number of benzene rings is 1. The molecular formula is C20H23N7O5. The van der Waals surface area contributed by atoms with Crippen LogP contribution < -0.4 is 21.7 Å². The van der Waals surface area contributed by atoms with Crippen molar-refractivity contribution in [2.75, 3.05) is 10.6 Å². The number of anilines is 2. The van der Waals surface area contributed by atoms with Crippen LogP contribution in [-0.2, 0) is 16.1 Å². The van der Waals surface area contributed by atoms with E-state index in [-0.39, 0.29) is 35.8 Å². The molecule has 1 aliphatic rings. The van der Waals surface area contributed by atoms with Crippen LogP contribution in [0, 0.1) is 0 Å². The number of aliphatic imine (C=N–C) groups is 1. The van der Waals surface area contributed by atoms with Gasteiger partial charge in [-0.15, -0.1) is 0 Å². The summed E-state index contributed by atoms with van der Waals surface area (Å²) < 4.78 is 0. The second kappa shape index (κ2) is 9.83. The van der Waals surface area contributed by atoms with Crippen LogP contribution in [0.1, 0.15) is 47.7 Å².